The fourth-order valence-corrected chi connectivity index (χ4v) is 1.15. The molecular weight excluding hydrogens is 210 g/mol. The van der Waals surface area contributed by atoms with Crippen LogP contribution in [-0.4, -0.2) is 17.0 Å². The predicted octanol–water partition coefficient (Wildman–Crippen LogP) is 1.41. The SMILES string of the molecule is CC(=O)Nc1cc(COC(C)=O)ccc1O. The zero-order valence-electron chi connectivity index (χ0n) is 9.11. The minimum atomic E-state index is -0.380. The van der Waals surface area contributed by atoms with Gasteiger partial charge in [-0.1, -0.05) is 6.07 Å². The van der Waals surface area contributed by atoms with Crippen molar-refractivity contribution < 1.29 is 19.4 Å². The lowest BCUT2D eigenvalue weighted by molar-refractivity contribution is -0.142. The lowest BCUT2D eigenvalue weighted by Gasteiger charge is -2.08. The Morgan fingerprint density at radius 3 is 2.62 bits per heavy atom. The summed E-state index contributed by atoms with van der Waals surface area (Å²) in [6.07, 6.45) is 0. The molecule has 0 fully saturated rings. The first kappa shape index (κ1) is 12.0. The number of phenols is 1. The van der Waals surface area contributed by atoms with Gasteiger partial charge in [-0.15, -0.1) is 0 Å². The molecule has 1 aromatic carbocycles. The number of anilines is 1. The number of phenolic OH excluding ortho intramolecular Hbond substituents is 1. The molecule has 16 heavy (non-hydrogen) atoms. The predicted molar refractivity (Wildman–Crippen MR) is 57.9 cm³/mol. The summed E-state index contributed by atoms with van der Waals surface area (Å²) in [5.74, 6) is -0.684. The Labute approximate surface area is 93.0 Å². The lowest BCUT2D eigenvalue weighted by Crippen LogP contribution is -2.06. The molecule has 0 saturated carbocycles. The molecule has 0 aliphatic carbocycles. The summed E-state index contributed by atoms with van der Waals surface area (Å²) in [5.41, 5.74) is 0.994. The maximum absolute atomic E-state index is 10.8. The summed E-state index contributed by atoms with van der Waals surface area (Å²) in [6.45, 7) is 2.77. The average molecular weight is 223 g/mol. The summed E-state index contributed by atoms with van der Waals surface area (Å²) in [6, 6.07) is 4.60. The van der Waals surface area contributed by atoms with Crippen LogP contribution >= 0.6 is 0 Å². The Morgan fingerprint density at radius 1 is 1.38 bits per heavy atom. The van der Waals surface area contributed by atoms with E-state index in [1.54, 1.807) is 12.1 Å². The van der Waals surface area contributed by atoms with E-state index in [1.165, 1.54) is 19.9 Å². The maximum atomic E-state index is 10.8. The highest BCUT2D eigenvalue weighted by Crippen LogP contribution is 2.24. The number of carbonyl (C=O) groups is 2. The van der Waals surface area contributed by atoms with Crippen molar-refractivity contribution in [1.82, 2.24) is 0 Å². The van der Waals surface area contributed by atoms with E-state index in [0.29, 0.717) is 11.3 Å². The first-order valence-corrected chi connectivity index (χ1v) is 4.72. The maximum Gasteiger partial charge on any atom is 0.302 e. The van der Waals surface area contributed by atoms with Crippen LogP contribution in [0, 0.1) is 0 Å². The number of benzene rings is 1. The monoisotopic (exact) mass is 223 g/mol. The Bertz CT molecular complexity index is 414. The van der Waals surface area contributed by atoms with Gasteiger partial charge in [0.1, 0.15) is 12.4 Å². The Morgan fingerprint density at radius 2 is 2.06 bits per heavy atom. The summed E-state index contributed by atoms with van der Waals surface area (Å²) < 4.78 is 4.79. The van der Waals surface area contributed by atoms with E-state index < -0.39 is 0 Å². The Balaban J connectivity index is 2.80. The molecule has 0 unspecified atom stereocenters. The van der Waals surface area contributed by atoms with E-state index in [0.717, 1.165) is 0 Å². The van der Waals surface area contributed by atoms with Gasteiger partial charge in [-0.05, 0) is 17.7 Å². The van der Waals surface area contributed by atoms with E-state index in [1.807, 2.05) is 0 Å². The number of nitrogens with one attached hydrogen (secondary N) is 1. The minimum absolute atomic E-state index is 0.0261. The lowest BCUT2D eigenvalue weighted by atomic mass is 10.2. The number of ether oxygens (including phenoxy) is 1. The van der Waals surface area contributed by atoms with Gasteiger partial charge in [-0.2, -0.15) is 0 Å². The van der Waals surface area contributed by atoms with Gasteiger partial charge in [-0.25, -0.2) is 0 Å². The fraction of sp³-hybridized carbons (Fsp3) is 0.273. The molecule has 5 heteroatoms. The van der Waals surface area contributed by atoms with Crippen molar-refractivity contribution in [1.29, 1.82) is 0 Å². The number of amides is 1. The molecule has 0 saturated heterocycles. The molecule has 0 bridgehead atoms. The molecular formula is C11H13NO4. The van der Waals surface area contributed by atoms with Crippen LogP contribution in [0.4, 0.5) is 5.69 Å². The zero-order chi connectivity index (χ0) is 12.1. The van der Waals surface area contributed by atoms with Crippen molar-refractivity contribution in [2.24, 2.45) is 0 Å². The number of carbonyl (C=O) groups excluding carboxylic acids is 2. The summed E-state index contributed by atoms with van der Waals surface area (Å²) in [7, 11) is 0. The molecule has 86 valence electrons. The number of aromatic hydroxyl groups is 1. The van der Waals surface area contributed by atoms with E-state index in [4.69, 9.17) is 4.74 Å². The van der Waals surface area contributed by atoms with Crippen LogP contribution in [0.3, 0.4) is 0 Å². The highest BCUT2D eigenvalue weighted by atomic mass is 16.5. The van der Waals surface area contributed by atoms with Crippen LogP contribution in [-0.2, 0) is 20.9 Å². The summed E-state index contributed by atoms with van der Waals surface area (Å²) >= 11 is 0. The van der Waals surface area contributed by atoms with Crippen LogP contribution in [0.25, 0.3) is 0 Å². The minimum Gasteiger partial charge on any atom is -0.506 e. The molecule has 0 aromatic heterocycles. The molecule has 2 N–H and O–H groups in total. The molecule has 1 aromatic rings. The standard InChI is InChI=1S/C11H13NO4/c1-7(13)12-10-5-9(3-4-11(10)15)6-16-8(2)14/h3-5,15H,6H2,1-2H3,(H,12,13). The van der Waals surface area contributed by atoms with E-state index in [2.05, 4.69) is 5.32 Å². The number of rotatable bonds is 3. The molecule has 0 radical (unpaired) electrons. The second kappa shape index (κ2) is 5.16. The normalized spacial score (nSPS) is 9.62. The van der Waals surface area contributed by atoms with Crippen molar-refractivity contribution in [2.75, 3.05) is 5.32 Å². The second-order valence-corrected chi connectivity index (χ2v) is 3.31. The number of esters is 1. The van der Waals surface area contributed by atoms with E-state index >= 15 is 0 Å². The first-order chi connectivity index (χ1) is 7.49. The molecule has 0 aliphatic rings. The molecule has 0 aliphatic heterocycles. The van der Waals surface area contributed by atoms with E-state index in [9.17, 15) is 14.7 Å². The second-order valence-electron chi connectivity index (χ2n) is 3.31. The van der Waals surface area contributed by atoms with Crippen LogP contribution < -0.4 is 5.32 Å². The van der Waals surface area contributed by atoms with Crippen molar-refractivity contribution in [3.05, 3.63) is 23.8 Å². The molecule has 1 amide bonds. The summed E-state index contributed by atoms with van der Waals surface area (Å²) in [4.78, 5) is 21.4. The fourth-order valence-electron chi connectivity index (χ4n) is 1.15. The van der Waals surface area contributed by atoms with Gasteiger partial charge in [0, 0.05) is 13.8 Å². The van der Waals surface area contributed by atoms with Gasteiger partial charge in [0.2, 0.25) is 5.91 Å². The number of hydrogen-bond acceptors (Lipinski definition) is 4. The molecule has 0 atom stereocenters. The average Bonchev–Trinajstić information content (AvgIpc) is 2.18. The van der Waals surface area contributed by atoms with Crippen molar-refractivity contribution >= 4 is 17.6 Å². The summed E-state index contributed by atoms with van der Waals surface area (Å²) in [5, 5.41) is 11.9. The Kier molecular flexibility index (Phi) is 3.88. The quantitative estimate of drug-likeness (QED) is 0.600. The third-order valence-electron chi connectivity index (χ3n) is 1.81. The highest BCUT2D eigenvalue weighted by Gasteiger charge is 2.05. The first-order valence-electron chi connectivity index (χ1n) is 4.72. The topological polar surface area (TPSA) is 75.6 Å². The number of hydrogen-bond donors (Lipinski definition) is 2. The van der Waals surface area contributed by atoms with Gasteiger partial charge in [0.25, 0.3) is 0 Å². The molecule has 5 nitrogen and oxygen atoms in total. The van der Waals surface area contributed by atoms with Crippen molar-refractivity contribution in [2.45, 2.75) is 20.5 Å². The van der Waals surface area contributed by atoms with E-state index in [-0.39, 0.29) is 24.2 Å². The third-order valence-corrected chi connectivity index (χ3v) is 1.81. The molecule has 0 heterocycles. The molecule has 1 rings (SSSR count). The third kappa shape index (κ3) is 3.61. The zero-order valence-corrected chi connectivity index (χ0v) is 9.11. The van der Waals surface area contributed by atoms with Gasteiger partial charge in [0.15, 0.2) is 0 Å². The van der Waals surface area contributed by atoms with Gasteiger partial charge in [-0.3, -0.25) is 9.59 Å². The van der Waals surface area contributed by atoms with Crippen molar-refractivity contribution in [3.8, 4) is 5.75 Å². The Hall–Kier alpha value is -2.04. The smallest absolute Gasteiger partial charge is 0.302 e. The van der Waals surface area contributed by atoms with Crippen molar-refractivity contribution in [3.63, 3.8) is 0 Å². The largest absolute Gasteiger partial charge is 0.506 e. The van der Waals surface area contributed by atoms with Gasteiger partial charge < -0.3 is 15.2 Å². The van der Waals surface area contributed by atoms with Crippen LogP contribution in [0.15, 0.2) is 18.2 Å². The molecule has 0 spiro atoms. The van der Waals surface area contributed by atoms with Gasteiger partial charge in [0.05, 0.1) is 5.69 Å². The highest BCUT2D eigenvalue weighted by molar-refractivity contribution is 5.90. The van der Waals surface area contributed by atoms with Crippen LogP contribution in [0.5, 0.6) is 5.75 Å². The van der Waals surface area contributed by atoms with Crippen LogP contribution in [0.2, 0.25) is 0 Å². The van der Waals surface area contributed by atoms with Gasteiger partial charge >= 0.3 is 5.97 Å². The van der Waals surface area contributed by atoms with Crippen LogP contribution in [0.1, 0.15) is 19.4 Å².